The van der Waals surface area contributed by atoms with Gasteiger partial charge >= 0.3 is 0 Å². The van der Waals surface area contributed by atoms with Crippen LogP contribution in [-0.4, -0.2) is 44.9 Å². The maximum Gasteiger partial charge on any atom is 0.234 e. The fraction of sp³-hybridized carbons (Fsp3) is 0.318. The number of carbonyl (C=O) groups is 1. The van der Waals surface area contributed by atoms with Crippen LogP contribution in [0.15, 0.2) is 64.5 Å². The third kappa shape index (κ3) is 5.79. The van der Waals surface area contributed by atoms with Crippen LogP contribution in [0.2, 0.25) is 0 Å². The molecule has 2 aromatic heterocycles. The van der Waals surface area contributed by atoms with Crippen molar-refractivity contribution in [2.45, 2.75) is 35.5 Å². The number of thioether (sulfide) groups is 2. The minimum Gasteiger partial charge on any atom is -0.376 e. The molecular formula is C22H24N4O2S3. The van der Waals surface area contributed by atoms with Crippen LogP contribution in [0.4, 0.5) is 5.69 Å². The number of amides is 1. The van der Waals surface area contributed by atoms with Gasteiger partial charge in [0, 0.05) is 17.3 Å². The standard InChI is InChI=1S/C22H24N4O2S3/c1-2-12-29-18-9-4-3-8-17(18)23-20(27)15-31-22-25-24-21(19-10-6-13-30-19)26(22)14-16-7-5-11-28-16/h2-4,6,8-10,13,16H,1,5,7,11-12,14-15H2,(H,23,27). The largest absolute Gasteiger partial charge is 0.376 e. The topological polar surface area (TPSA) is 69.0 Å². The second kappa shape index (κ2) is 11.0. The van der Waals surface area contributed by atoms with Crippen molar-refractivity contribution in [2.75, 3.05) is 23.4 Å². The summed E-state index contributed by atoms with van der Waals surface area (Å²) in [7, 11) is 0. The molecule has 1 N–H and O–H groups in total. The third-order valence-corrected chi connectivity index (χ3v) is 7.62. The van der Waals surface area contributed by atoms with Crippen molar-refractivity contribution < 1.29 is 9.53 Å². The quantitative estimate of drug-likeness (QED) is 0.323. The number of carbonyl (C=O) groups excluding carboxylic acids is 1. The molecule has 1 aliphatic heterocycles. The number of para-hydroxylation sites is 1. The van der Waals surface area contributed by atoms with Gasteiger partial charge in [-0.2, -0.15) is 0 Å². The Morgan fingerprint density at radius 3 is 2.97 bits per heavy atom. The Hall–Kier alpha value is -2.07. The molecule has 0 bridgehead atoms. The lowest BCUT2D eigenvalue weighted by Crippen LogP contribution is -2.18. The predicted octanol–water partition coefficient (Wildman–Crippen LogP) is 5.19. The zero-order valence-electron chi connectivity index (χ0n) is 17.0. The van der Waals surface area contributed by atoms with Gasteiger partial charge in [0.15, 0.2) is 11.0 Å². The van der Waals surface area contributed by atoms with Gasteiger partial charge < -0.3 is 10.1 Å². The first-order valence-corrected chi connectivity index (χ1v) is 12.9. The van der Waals surface area contributed by atoms with Crippen LogP contribution in [0.5, 0.6) is 0 Å². The fourth-order valence-electron chi connectivity index (χ4n) is 3.30. The first kappa shape index (κ1) is 22.1. The lowest BCUT2D eigenvalue weighted by atomic mass is 10.2. The highest BCUT2D eigenvalue weighted by Crippen LogP contribution is 2.30. The first-order valence-electron chi connectivity index (χ1n) is 10.1. The van der Waals surface area contributed by atoms with Gasteiger partial charge in [0.1, 0.15) is 0 Å². The van der Waals surface area contributed by atoms with Crippen LogP contribution >= 0.6 is 34.9 Å². The molecule has 0 spiro atoms. The predicted molar refractivity (Wildman–Crippen MR) is 129 cm³/mol. The summed E-state index contributed by atoms with van der Waals surface area (Å²) in [6.45, 7) is 5.26. The minimum atomic E-state index is -0.0685. The number of ether oxygens (including phenoxy) is 1. The summed E-state index contributed by atoms with van der Waals surface area (Å²) >= 11 is 4.68. The number of rotatable bonds is 10. The Bertz CT molecular complexity index is 1010. The van der Waals surface area contributed by atoms with E-state index in [1.54, 1.807) is 23.1 Å². The smallest absolute Gasteiger partial charge is 0.234 e. The highest BCUT2D eigenvalue weighted by molar-refractivity contribution is 8.00. The van der Waals surface area contributed by atoms with Crippen LogP contribution in [0.1, 0.15) is 12.8 Å². The molecule has 4 rings (SSSR count). The molecule has 162 valence electrons. The third-order valence-electron chi connectivity index (χ3n) is 4.72. The number of anilines is 1. The number of benzene rings is 1. The minimum absolute atomic E-state index is 0.0685. The average molecular weight is 473 g/mol. The molecule has 1 unspecified atom stereocenters. The molecule has 31 heavy (non-hydrogen) atoms. The molecule has 0 aliphatic carbocycles. The normalized spacial score (nSPS) is 15.8. The number of nitrogens with zero attached hydrogens (tertiary/aromatic N) is 3. The summed E-state index contributed by atoms with van der Waals surface area (Å²) in [6.07, 6.45) is 4.13. The van der Waals surface area contributed by atoms with Crippen LogP contribution in [0.3, 0.4) is 0 Å². The van der Waals surface area contributed by atoms with E-state index in [-0.39, 0.29) is 17.8 Å². The van der Waals surface area contributed by atoms with Crippen molar-refractivity contribution in [1.82, 2.24) is 14.8 Å². The van der Waals surface area contributed by atoms with Crippen LogP contribution in [-0.2, 0) is 16.1 Å². The zero-order valence-corrected chi connectivity index (χ0v) is 19.5. The maximum atomic E-state index is 12.7. The van der Waals surface area contributed by atoms with E-state index in [0.717, 1.165) is 51.6 Å². The molecule has 3 heterocycles. The highest BCUT2D eigenvalue weighted by atomic mass is 32.2. The van der Waals surface area contributed by atoms with E-state index in [4.69, 9.17) is 4.74 Å². The summed E-state index contributed by atoms with van der Waals surface area (Å²) < 4.78 is 7.92. The maximum absolute atomic E-state index is 12.7. The summed E-state index contributed by atoms with van der Waals surface area (Å²) in [5.41, 5.74) is 0.819. The Morgan fingerprint density at radius 2 is 2.19 bits per heavy atom. The van der Waals surface area contributed by atoms with Gasteiger partial charge in [0.2, 0.25) is 5.91 Å². The average Bonchev–Trinajstić information content (AvgIpc) is 3.54. The van der Waals surface area contributed by atoms with Gasteiger partial charge in [-0.3, -0.25) is 9.36 Å². The molecule has 1 aromatic carbocycles. The van der Waals surface area contributed by atoms with Crippen molar-refractivity contribution in [3.63, 3.8) is 0 Å². The van der Waals surface area contributed by atoms with Crippen molar-refractivity contribution in [2.24, 2.45) is 0 Å². The van der Waals surface area contributed by atoms with E-state index in [0.29, 0.717) is 6.54 Å². The highest BCUT2D eigenvalue weighted by Gasteiger charge is 2.22. The fourth-order valence-corrected chi connectivity index (χ4v) is 5.51. The van der Waals surface area contributed by atoms with Gasteiger partial charge in [0.25, 0.3) is 0 Å². The Kier molecular flexibility index (Phi) is 7.85. The number of hydrogen-bond donors (Lipinski definition) is 1. The molecule has 0 saturated carbocycles. The van der Waals surface area contributed by atoms with Gasteiger partial charge in [-0.1, -0.05) is 36.0 Å². The SMILES string of the molecule is C=CCSc1ccccc1NC(=O)CSc1nnc(-c2cccs2)n1CC1CCCO1. The molecule has 1 saturated heterocycles. The second-order valence-electron chi connectivity index (χ2n) is 6.96. The van der Waals surface area contributed by atoms with Crippen LogP contribution < -0.4 is 5.32 Å². The lowest BCUT2D eigenvalue weighted by Gasteiger charge is -2.14. The molecule has 1 fully saturated rings. The Balaban J connectivity index is 1.44. The van der Waals surface area contributed by atoms with Crippen molar-refractivity contribution in [3.8, 4) is 10.7 Å². The van der Waals surface area contributed by atoms with E-state index in [9.17, 15) is 4.79 Å². The van der Waals surface area contributed by atoms with Crippen molar-refractivity contribution >= 4 is 46.5 Å². The molecular weight excluding hydrogens is 448 g/mol. The second-order valence-corrected chi connectivity index (χ2v) is 9.91. The van der Waals surface area contributed by atoms with Gasteiger partial charge in [-0.25, -0.2) is 0 Å². The monoisotopic (exact) mass is 472 g/mol. The van der Waals surface area contributed by atoms with Gasteiger partial charge in [0.05, 0.1) is 29.0 Å². The van der Waals surface area contributed by atoms with Gasteiger partial charge in [-0.05, 0) is 36.4 Å². The molecule has 1 aliphatic rings. The van der Waals surface area contributed by atoms with E-state index >= 15 is 0 Å². The van der Waals surface area contributed by atoms with Gasteiger partial charge in [-0.15, -0.1) is 39.9 Å². The van der Waals surface area contributed by atoms with Crippen molar-refractivity contribution in [1.29, 1.82) is 0 Å². The number of nitrogens with one attached hydrogen (secondary N) is 1. The van der Waals surface area contributed by atoms with E-state index in [1.165, 1.54) is 11.8 Å². The van der Waals surface area contributed by atoms with Crippen LogP contribution in [0, 0.1) is 0 Å². The summed E-state index contributed by atoms with van der Waals surface area (Å²) in [4.78, 5) is 14.8. The molecule has 3 aromatic rings. The molecule has 1 amide bonds. The number of aromatic nitrogens is 3. The molecule has 9 heteroatoms. The van der Waals surface area contributed by atoms with E-state index in [1.807, 2.05) is 47.9 Å². The number of hydrogen-bond acceptors (Lipinski definition) is 7. The van der Waals surface area contributed by atoms with E-state index < -0.39 is 0 Å². The summed E-state index contributed by atoms with van der Waals surface area (Å²) in [5.74, 6) is 1.81. The summed E-state index contributed by atoms with van der Waals surface area (Å²) in [6, 6.07) is 11.9. The van der Waals surface area contributed by atoms with E-state index in [2.05, 4.69) is 26.7 Å². The van der Waals surface area contributed by atoms with Crippen LogP contribution in [0.25, 0.3) is 10.7 Å². The molecule has 1 atom stereocenters. The molecule has 0 radical (unpaired) electrons. The lowest BCUT2D eigenvalue weighted by molar-refractivity contribution is -0.113. The Labute approximate surface area is 194 Å². The molecule has 6 nitrogen and oxygen atoms in total. The Morgan fingerprint density at radius 1 is 1.29 bits per heavy atom. The summed E-state index contributed by atoms with van der Waals surface area (Å²) in [5, 5.41) is 14.6. The van der Waals surface area contributed by atoms with Crippen molar-refractivity contribution in [3.05, 3.63) is 54.4 Å². The first-order chi connectivity index (χ1) is 15.2. The zero-order chi connectivity index (χ0) is 21.5. The number of thiophene rings is 1.